The monoisotopic (exact) mass is 446 g/mol. The molecule has 2 rings (SSSR count). The third-order valence-corrected chi connectivity index (χ3v) is 4.80. The molecule has 0 heterocycles. The first kappa shape index (κ1) is 19.2. The third kappa shape index (κ3) is 6.78. The maximum Gasteiger partial charge on any atom is 0.00689 e. The van der Waals surface area contributed by atoms with Gasteiger partial charge in [-0.15, -0.1) is 0 Å². The second-order valence-electron chi connectivity index (χ2n) is 5.77. The number of allylic oxidation sites excluding steroid dienone is 4. The van der Waals surface area contributed by atoms with Gasteiger partial charge in [0.2, 0.25) is 0 Å². The van der Waals surface area contributed by atoms with Gasteiger partial charge >= 0.3 is 0 Å². The molecule has 0 bridgehead atoms. The van der Waals surface area contributed by atoms with Crippen LogP contribution >= 0.6 is 31.9 Å². The van der Waals surface area contributed by atoms with E-state index >= 15 is 0 Å². The van der Waals surface area contributed by atoms with Crippen LogP contribution in [0, 0.1) is 0 Å². The van der Waals surface area contributed by atoms with Gasteiger partial charge in [0, 0.05) is 10.7 Å². The molecule has 0 aromatic heterocycles. The summed E-state index contributed by atoms with van der Waals surface area (Å²) in [5.74, 6) is 0. The number of halogens is 2. The van der Waals surface area contributed by atoms with Crippen LogP contribution in [0.25, 0.3) is 0 Å². The molecule has 0 atom stereocenters. The fourth-order valence-corrected chi connectivity index (χ4v) is 3.47. The number of benzene rings is 2. The summed E-state index contributed by atoms with van der Waals surface area (Å²) in [6.45, 7) is 0. The molecular formula is C22H24Br2. The highest BCUT2D eigenvalue weighted by Gasteiger charge is 2.07. The van der Waals surface area contributed by atoms with Crippen LogP contribution in [0.3, 0.4) is 0 Å². The molecule has 0 unspecified atom stereocenters. The van der Waals surface area contributed by atoms with Crippen LogP contribution in [0.2, 0.25) is 0 Å². The van der Waals surface area contributed by atoms with Crippen molar-refractivity contribution in [3.05, 3.63) is 95.1 Å². The number of rotatable bonds is 9. The van der Waals surface area contributed by atoms with E-state index in [9.17, 15) is 0 Å². The molecule has 0 aliphatic rings. The van der Waals surface area contributed by atoms with Crippen LogP contribution in [-0.4, -0.2) is 10.7 Å². The van der Waals surface area contributed by atoms with E-state index in [1.807, 2.05) is 0 Å². The Morgan fingerprint density at radius 3 is 1.88 bits per heavy atom. The molecule has 126 valence electrons. The second-order valence-corrected chi connectivity index (χ2v) is 7.36. The van der Waals surface area contributed by atoms with Gasteiger partial charge in [0.15, 0.2) is 0 Å². The normalized spacial score (nSPS) is 12.4. The Kier molecular flexibility index (Phi) is 9.15. The van der Waals surface area contributed by atoms with E-state index < -0.39 is 0 Å². The molecule has 0 aliphatic heterocycles. The van der Waals surface area contributed by atoms with Crippen molar-refractivity contribution in [3.63, 3.8) is 0 Å². The zero-order valence-corrected chi connectivity index (χ0v) is 17.1. The van der Waals surface area contributed by atoms with Gasteiger partial charge in [-0.1, -0.05) is 110 Å². The lowest BCUT2D eigenvalue weighted by molar-refractivity contribution is 0.969. The Balaban J connectivity index is 2.30. The predicted octanol–water partition coefficient (Wildman–Crippen LogP) is 6.89. The zero-order chi connectivity index (χ0) is 17.0. The quantitative estimate of drug-likeness (QED) is 0.289. The van der Waals surface area contributed by atoms with Crippen LogP contribution in [0.5, 0.6) is 0 Å². The molecule has 2 aromatic carbocycles. The van der Waals surface area contributed by atoms with E-state index in [4.69, 9.17) is 0 Å². The van der Waals surface area contributed by atoms with Gasteiger partial charge in [-0.2, -0.15) is 0 Å². The van der Waals surface area contributed by atoms with Crippen LogP contribution < -0.4 is 0 Å². The number of hydrogen-bond donors (Lipinski definition) is 0. The van der Waals surface area contributed by atoms with Crippen LogP contribution in [0.15, 0.2) is 84.0 Å². The van der Waals surface area contributed by atoms with Crippen molar-refractivity contribution in [1.29, 1.82) is 0 Å². The van der Waals surface area contributed by atoms with Crippen LogP contribution in [0.1, 0.15) is 24.0 Å². The smallest absolute Gasteiger partial charge is 0.00689 e. The first-order valence-electron chi connectivity index (χ1n) is 8.40. The summed E-state index contributed by atoms with van der Waals surface area (Å²) in [7, 11) is 0. The summed E-state index contributed by atoms with van der Waals surface area (Å²) >= 11 is 7.15. The molecule has 0 N–H and O–H groups in total. The van der Waals surface area contributed by atoms with Crippen molar-refractivity contribution >= 4 is 31.9 Å². The largest absolute Gasteiger partial charge is 0.0925 e. The second kappa shape index (κ2) is 11.4. The maximum atomic E-state index is 3.63. The Hall–Kier alpha value is -1.12. The summed E-state index contributed by atoms with van der Waals surface area (Å²) in [5.41, 5.74) is 5.72. The van der Waals surface area contributed by atoms with E-state index in [1.165, 1.54) is 22.3 Å². The third-order valence-electron chi connectivity index (χ3n) is 3.94. The van der Waals surface area contributed by atoms with Gasteiger partial charge in [0.1, 0.15) is 0 Å². The van der Waals surface area contributed by atoms with Gasteiger partial charge in [0.05, 0.1) is 0 Å². The lowest BCUT2D eigenvalue weighted by Crippen LogP contribution is -2.00. The highest BCUT2D eigenvalue weighted by Crippen LogP contribution is 2.22. The highest BCUT2D eigenvalue weighted by molar-refractivity contribution is 9.09. The molecule has 0 fully saturated rings. The lowest BCUT2D eigenvalue weighted by Gasteiger charge is -2.13. The van der Waals surface area contributed by atoms with E-state index in [0.717, 1.165) is 36.3 Å². The minimum absolute atomic E-state index is 0.995. The minimum Gasteiger partial charge on any atom is -0.0925 e. The van der Waals surface area contributed by atoms with Crippen molar-refractivity contribution in [3.8, 4) is 0 Å². The molecule has 0 spiro atoms. The van der Waals surface area contributed by atoms with Crippen molar-refractivity contribution in [2.75, 3.05) is 10.7 Å². The standard InChI is InChI=1S/C22H24Br2/c23-15-8-7-13-21(17-19-9-3-1-4-10-19)22(14-16-24)18-20-11-5-2-6-12-20/h1-7,9-13H,8,14-18H2/b13-7+,22-21+. The molecule has 0 amide bonds. The topological polar surface area (TPSA) is 0 Å². The maximum absolute atomic E-state index is 3.63. The molecule has 2 heteroatoms. The zero-order valence-electron chi connectivity index (χ0n) is 13.9. The van der Waals surface area contributed by atoms with Crippen LogP contribution in [0.4, 0.5) is 0 Å². The van der Waals surface area contributed by atoms with Gasteiger partial charge in [-0.3, -0.25) is 0 Å². The molecule has 2 aromatic rings. The molecule has 0 saturated heterocycles. The first-order valence-corrected chi connectivity index (χ1v) is 10.6. The predicted molar refractivity (Wildman–Crippen MR) is 113 cm³/mol. The van der Waals surface area contributed by atoms with E-state index in [1.54, 1.807) is 0 Å². The van der Waals surface area contributed by atoms with Crippen molar-refractivity contribution in [2.24, 2.45) is 0 Å². The van der Waals surface area contributed by atoms with E-state index in [2.05, 4.69) is 105 Å². The van der Waals surface area contributed by atoms with Gasteiger partial charge in [-0.05, 0) is 42.4 Å². The Morgan fingerprint density at radius 1 is 0.750 bits per heavy atom. The SMILES string of the molecule is BrCC/C=C/C(Cc1ccccc1)=C(/CCBr)Cc1ccccc1. The molecule has 0 nitrogen and oxygen atoms in total. The first-order chi connectivity index (χ1) is 11.8. The van der Waals surface area contributed by atoms with Crippen molar-refractivity contribution in [1.82, 2.24) is 0 Å². The fraction of sp³-hybridized carbons (Fsp3) is 0.273. The van der Waals surface area contributed by atoms with Gasteiger partial charge < -0.3 is 0 Å². The average Bonchev–Trinajstić information content (AvgIpc) is 2.62. The van der Waals surface area contributed by atoms with Gasteiger partial charge in [0.25, 0.3) is 0 Å². The summed E-state index contributed by atoms with van der Waals surface area (Å²) in [5, 5.41) is 2.01. The fourth-order valence-electron chi connectivity index (χ4n) is 2.72. The summed E-state index contributed by atoms with van der Waals surface area (Å²) in [6.07, 6.45) is 8.77. The summed E-state index contributed by atoms with van der Waals surface area (Å²) < 4.78 is 0. The molecule has 0 radical (unpaired) electrons. The Labute approximate surface area is 162 Å². The number of alkyl halides is 2. The lowest BCUT2D eigenvalue weighted by atomic mass is 9.93. The van der Waals surface area contributed by atoms with Crippen molar-refractivity contribution < 1.29 is 0 Å². The van der Waals surface area contributed by atoms with Crippen molar-refractivity contribution in [2.45, 2.75) is 25.7 Å². The summed E-state index contributed by atoms with van der Waals surface area (Å²) in [4.78, 5) is 0. The van der Waals surface area contributed by atoms with E-state index in [-0.39, 0.29) is 0 Å². The van der Waals surface area contributed by atoms with Gasteiger partial charge in [-0.25, -0.2) is 0 Å². The van der Waals surface area contributed by atoms with E-state index in [0.29, 0.717) is 0 Å². The highest BCUT2D eigenvalue weighted by atomic mass is 79.9. The molecule has 0 aliphatic carbocycles. The van der Waals surface area contributed by atoms with Crippen LogP contribution in [-0.2, 0) is 12.8 Å². The Morgan fingerprint density at radius 2 is 1.33 bits per heavy atom. The molecular weight excluding hydrogens is 424 g/mol. The summed E-state index contributed by atoms with van der Waals surface area (Å²) in [6, 6.07) is 21.5. The molecule has 0 saturated carbocycles. The Bertz CT molecular complexity index is 642. The average molecular weight is 448 g/mol. The minimum atomic E-state index is 0.995. The molecule has 24 heavy (non-hydrogen) atoms. The number of hydrogen-bond acceptors (Lipinski definition) is 0.